The molecule has 0 fully saturated rings. The molecule has 0 atom stereocenters. The molecule has 1 N–H and O–H groups in total. The normalized spacial score (nSPS) is 14.3. The van der Waals surface area contributed by atoms with Crippen LogP contribution in [-0.2, 0) is 30.9 Å². The minimum absolute atomic E-state index is 0.0813. The Morgan fingerprint density at radius 2 is 1.77 bits per heavy atom. The molecule has 1 aliphatic heterocycles. The number of halogens is 3. The second-order valence-corrected chi connectivity index (χ2v) is 8.08. The third-order valence-electron chi connectivity index (χ3n) is 4.55. The lowest BCUT2D eigenvalue weighted by molar-refractivity contribution is -0.137. The quantitative estimate of drug-likeness (QED) is 0.791. The first-order chi connectivity index (χ1) is 13.8. The van der Waals surface area contributed by atoms with E-state index in [1.165, 1.54) is 9.58 Å². The summed E-state index contributed by atoms with van der Waals surface area (Å²) in [6.07, 6.45) is -4.43. The van der Waals surface area contributed by atoms with Crippen molar-refractivity contribution in [2.45, 2.75) is 45.5 Å². The lowest BCUT2D eigenvalue weighted by Gasteiger charge is -2.29. The molecule has 0 spiro atoms. The Morgan fingerprint density at radius 1 is 1.13 bits per heavy atom. The summed E-state index contributed by atoms with van der Waals surface area (Å²) in [5, 5.41) is 7.09. The van der Waals surface area contributed by atoms with E-state index in [2.05, 4.69) is 10.4 Å². The zero-order chi connectivity index (χ0) is 22.3. The second kappa shape index (κ2) is 7.66. The molecular weight excluding hydrogens is 401 g/mol. The molecule has 30 heavy (non-hydrogen) atoms. The number of hydrogen-bond donors (Lipinski definition) is 1. The van der Waals surface area contributed by atoms with Crippen molar-refractivity contribution in [2.75, 3.05) is 11.9 Å². The number of anilines is 1. The number of ether oxygens (including phenoxy) is 1. The molecule has 0 radical (unpaired) electrons. The summed E-state index contributed by atoms with van der Waals surface area (Å²) in [5.41, 5.74) is 0.0453. The number of fused-ring (bicyclic) bond motifs is 1. The highest BCUT2D eigenvalue weighted by molar-refractivity contribution is 6.04. The number of benzene rings is 1. The van der Waals surface area contributed by atoms with Crippen LogP contribution in [0.25, 0.3) is 0 Å². The standard InChI is InChI=1S/C20H23F3N4O3/c1-19(2,3)30-18(29)27-10-9-15-14(11-27)16(26(4)25-15)24-17(28)12-5-7-13(8-6-12)20(21,22)23/h5-8H,9-11H2,1-4H3,(H,24,28). The van der Waals surface area contributed by atoms with Crippen LogP contribution in [0.15, 0.2) is 24.3 Å². The van der Waals surface area contributed by atoms with Crippen molar-refractivity contribution in [1.29, 1.82) is 0 Å². The van der Waals surface area contributed by atoms with Crippen LogP contribution < -0.4 is 5.32 Å². The summed E-state index contributed by atoms with van der Waals surface area (Å²) in [7, 11) is 1.65. The van der Waals surface area contributed by atoms with Gasteiger partial charge in [-0.15, -0.1) is 0 Å². The van der Waals surface area contributed by atoms with Crippen molar-refractivity contribution in [3.8, 4) is 0 Å². The van der Waals surface area contributed by atoms with Gasteiger partial charge in [-0.2, -0.15) is 18.3 Å². The Bertz CT molecular complexity index is 959. The molecule has 2 aromatic rings. The van der Waals surface area contributed by atoms with Gasteiger partial charge in [-0.25, -0.2) is 4.79 Å². The van der Waals surface area contributed by atoms with E-state index in [9.17, 15) is 22.8 Å². The fourth-order valence-electron chi connectivity index (χ4n) is 3.13. The van der Waals surface area contributed by atoms with E-state index in [1.807, 2.05) is 0 Å². The van der Waals surface area contributed by atoms with Gasteiger partial charge in [0, 0.05) is 31.1 Å². The average Bonchev–Trinajstić information content (AvgIpc) is 2.94. The minimum Gasteiger partial charge on any atom is -0.444 e. The van der Waals surface area contributed by atoms with Crippen LogP contribution in [0, 0.1) is 0 Å². The van der Waals surface area contributed by atoms with Gasteiger partial charge in [0.05, 0.1) is 17.8 Å². The van der Waals surface area contributed by atoms with Crippen LogP contribution >= 0.6 is 0 Å². The van der Waals surface area contributed by atoms with Gasteiger partial charge >= 0.3 is 12.3 Å². The third kappa shape index (κ3) is 4.74. The van der Waals surface area contributed by atoms with Crippen LogP contribution in [-0.4, -0.2) is 38.8 Å². The summed E-state index contributed by atoms with van der Waals surface area (Å²) in [6.45, 7) is 5.98. The summed E-state index contributed by atoms with van der Waals surface area (Å²) in [5.74, 6) is -0.174. The number of rotatable bonds is 2. The highest BCUT2D eigenvalue weighted by Gasteiger charge is 2.31. The van der Waals surface area contributed by atoms with Crippen molar-refractivity contribution < 1.29 is 27.5 Å². The molecule has 2 amide bonds. The van der Waals surface area contributed by atoms with Crippen molar-refractivity contribution in [2.24, 2.45) is 7.05 Å². The molecule has 0 saturated carbocycles. The molecular formula is C20H23F3N4O3. The fraction of sp³-hybridized carbons (Fsp3) is 0.450. The maximum Gasteiger partial charge on any atom is 0.416 e. The maximum atomic E-state index is 12.7. The predicted octanol–water partition coefficient (Wildman–Crippen LogP) is 3.98. The topological polar surface area (TPSA) is 76.5 Å². The molecule has 1 aromatic carbocycles. The SMILES string of the molecule is Cn1nc2c(c1NC(=O)c1ccc(C(F)(F)F)cc1)CN(C(=O)OC(C)(C)C)CC2. The molecule has 0 bridgehead atoms. The lowest BCUT2D eigenvalue weighted by atomic mass is 10.1. The van der Waals surface area contributed by atoms with E-state index in [-0.39, 0.29) is 12.1 Å². The van der Waals surface area contributed by atoms with E-state index in [4.69, 9.17) is 4.74 Å². The molecule has 0 saturated heterocycles. The Morgan fingerprint density at radius 3 is 2.33 bits per heavy atom. The molecule has 1 aliphatic rings. The first kappa shape index (κ1) is 21.7. The van der Waals surface area contributed by atoms with Crippen LogP contribution in [0.2, 0.25) is 0 Å². The Balaban J connectivity index is 1.78. The van der Waals surface area contributed by atoms with Gasteiger partial charge in [0.25, 0.3) is 5.91 Å². The van der Waals surface area contributed by atoms with Crippen LogP contribution in [0.4, 0.5) is 23.8 Å². The van der Waals surface area contributed by atoms with Crippen molar-refractivity contribution in [3.05, 3.63) is 46.6 Å². The average molecular weight is 424 g/mol. The number of aryl methyl sites for hydroxylation is 1. The van der Waals surface area contributed by atoms with Crippen molar-refractivity contribution >= 4 is 17.8 Å². The first-order valence-electron chi connectivity index (χ1n) is 9.36. The van der Waals surface area contributed by atoms with Gasteiger partial charge < -0.3 is 15.0 Å². The van der Waals surface area contributed by atoms with Crippen molar-refractivity contribution in [1.82, 2.24) is 14.7 Å². The van der Waals surface area contributed by atoms with E-state index in [0.29, 0.717) is 24.3 Å². The Hall–Kier alpha value is -3.04. The monoisotopic (exact) mass is 424 g/mol. The summed E-state index contributed by atoms with van der Waals surface area (Å²) >= 11 is 0. The third-order valence-corrected chi connectivity index (χ3v) is 4.55. The smallest absolute Gasteiger partial charge is 0.416 e. The maximum absolute atomic E-state index is 12.7. The number of carbonyl (C=O) groups excluding carboxylic acids is 2. The predicted molar refractivity (Wildman–Crippen MR) is 103 cm³/mol. The van der Waals surface area contributed by atoms with Gasteiger partial charge in [-0.3, -0.25) is 9.48 Å². The molecule has 0 unspecified atom stereocenters. The number of amides is 2. The van der Waals surface area contributed by atoms with E-state index >= 15 is 0 Å². The molecule has 162 valence electrons. The van der Waals surface area contributed by atoms with Gasteiger partial charge in [-0.05, 0) is 45.0 Å². The molecule has 2 heterocycles. The molecule has 10 heteroatoms. The summed E-state index contributed by atoms with van der Waals surface area (Å²) in [4.78, 5) is 26.5. The summed E-state index contributed by atoms with van der Waals surface area (Å²) in [6, 6.07) is 3.96. The van der Waals surface area contributed by atoms with Gasteiger partial charge in [-0.1, -0.05) is 0 Å². The number of aromatic nitrogens is 2. The Labute approximate surface area is 171 Å². The van der Waals surface area contributed by atoms with E-state index < -0.39 is 29.3 Å². The second-order valence-electron chi connectivity index (χ2n) is 8.08. The van der Waals surface area contributed by atoms with Crippen LogP contribution in [0.5, 0.6) is 0 Å². The van der Waals surface area contributed by atoms with Gasteiger partial charge in [0.15, 0.2) is 0 Å². The fourth-order valence-corrected chi connectivity index (χ4v) is 3.13. The number of carbonyl (C=O) groups is 2. The number of alkyl halides is 3. The largest absolute Gasteiger partial charge is 0.444 e. The van der Waals surface area contributed by atoms with Crippen LogP contribution in [0.3, 0.4) is 0 Å². The van der Waals surface area contributed by atoms with Crippen molar-refractivity contribution in [3.63, 3.8) is 0 Å². The summed E-state index contributed by atoms with van der Waals surface area (Å²) < 4.78 is 45.1. The highest BCUT2D eigenvalue weighted by atomic mass is 19.4. The number of nitrogens with zero attached hydrogens (tertiary/aromatic N) is 3. The number of nitrogens with one attached hydrogen (secondary N) is 1. The zero-order valence-corrected chi connectivity index (χ0v) is 17.1. The van der Waals surface area contributed by atoms with E-state index in [0.717, 1.165) is 30.0 Å². The van der Waals surface area contributed by atoms with Gasteiger partial charge in [0.2, 0.25) is 0 Å². The lowest BCUT2D eigenvalue weighted by Crippen LogP contribution is -2.40. The van der Waals surface area contributed by atoms with Gasteiger partial charge in [0.1, 0.15) is 11.4 Å². The Kier molecular flexibility index (Phi) is 5.53. The minimum atomic E-state index is -4.47. The number of hydrogen-bond acceptors (Lipinski definition) is 4. The molecule has 1 aromatic heterocycles. The zero-order valence-electron chi connectivity index (χ0n) is 17.1. The first-order valence-corrected chi connectivity index (χ1v) is 9.36. The molecule has 0 aliphatic carbocycles. The van der Waals surface area contributed by atoms with E-state index in [1.54, 1.807) is 27.8 Å². The molecule has 7 nitrogen and oxygen atoms in total. The van der Waals surface area contributed by atoms with Crippen LogP contribution in [0.1, 0.15) is 48.0 Å². The highest BCUT2D eigenvalue weighted by Crippen LogP contribution is 2.30. The molecule has 3 rings (SSSR count).